The standard InChI is InChI=1S/C25H31N3O4/c1-4-5-15-32-23-22(25(31)28(13-14-29)17(2)3)26-21(27-24(23)30)16-19-11-8-10-18-9-6-7-12-20(18)19/h6-12,17,29H,4-5,13-16H2,1-3H3,(H,26,27,30). The number of nitrogens with one attached hydrogen (secondary N) is 1. The maximum atomic E-state index is 13.3. The van der Waals surface area contributed by atoms with Crippen molar-refractivity contribution in [3.05, 3.63) is 69.9 Å². The van der Waals surface area contributed by atoms with Gasteiger partial charge in [-0.15, -0.1) is 0 Å². The van der Waals surface area contributed by atoms with Crippen molar-refractivity contribution in [3.8, 4) is 5.75 Å². The zero-order valence-electron chi connectivity index (χ0n) is 18.9. The van der Waals surface area contributed by atoms with Gasteiger partial charge in [0, 0.05) is 19.0 Å². The van der Waals surface area contributed by atoms with E-state index in [1.54, 1.807) is 0 Å². The molecule has 7 nitrogen and oxygen atoms in total. The molecule has 0 unspecified atom stereocenters. The fraction of sp³-hybridized carbons (Fsp3) is 0.400. The van der Waals surface area contributed by atoms with Crippen LogP contribution in [-0.2, 0) is 6.42 Å². The third-order valence-electron chi connectivity index (χ3n) is 5.34. The number of aromatic amines is 1. The highest BCUT2D eigenvalue weighted by Gasteiger charge is 2.26. The second-order valence-electron chi connectivity index (χ2n) is 8.02. The van der Waals surface area contributed by atoms with Gasteiger partial charge in [0.2, 0.25) is 5.75 Å². The van der Waals surface area contributed by atoms with Crippen molar-refractivity contribution in [2.45, 2.75) is 46.1 Å². The molecule has 0 radical (unpaired) electrons. The predicted octanol–water partition coefficient (Wildman–Crippen LogP) is 3.54. The van der Waals surface area contributed by atoms with Crippen molar-refractivity contribution in [2.24, 2.45) is 0 Å². The molecule has 0 fully saturated rings. The zero-order chi connectivity index (χ0) is 23.1. The molecule has 7 heteroatoms. The summed E-state index contributed by atoms with van der Waals surface area (Å²) in [6, 6.07) is 13.8. The minimum absolute atomic E-state index is 0.0118. The van der Waals surface area contributed by atoms with Crippen LogP contribution in [0, 0.1) is 0 Å². The summed E-state index contributed by atoms with van der Waals surface area (Å²) >= 11 is 0. The van der Waals surface area contributed by atoms with Gasteiger partial charge in [0.15, 0.2) is 5.69 Å². The number of carbonyl (C=O) groups is 1. The Hall–Kier alpha value is -3.19. The number of benzene rings is 2. The van der Waals surface area contributed by atoms with Crippen molar-refractivity contribution in [1.29, 1.82) is 0 Å². The Morgan fingerprint density at radius 1 is 1.19 bits per heavy atom. The number of H-pyrrole nitrogens is 1. The topological polar surface area (TPSA) is 95.5 Å². The van der Waals surface area contributed by atoms with Gasteiger partial charge in [0.1, 0.15) is 5.82 Å². The summed E-state index contributed by atoms with van der Waals surface area (Å²) in [5.74, 6) is -0.0928. The van der Waals surface area contributed by atoms with Crippen molar-refractivity contribution in [3.63, 3.8) is 0 Å². The molecular formula is C25H31N3O4. The van der Waals surface area contributed by atoms with Gasteiger partial charge in [-0.25, -0.2) is 4.98 Å². The molecule has 3 aromatic rings. The maximum absolute atomic E-state index is 13.3. The molecule has 0 saturated carbocycles. The van der Waals surface area contributed by atoms with Crippen LogP contribution in [0.3, 0.4) is 0 Å². The van der Waals surface area contributed by atoms with Crippen LogP contribution in [0.25, 0.3) is 10.8 Å². The number of unbranched alkanes of at least 4 members (excludes halogenated alkanes) is 1. The van der Waals surface area contributed by atoms with Gasteiger partial charge in [0.05, 0.1) is 13.2 Å². The molecule has 2 aromatic carbocycles. The van der Waals surface area contributed by atoms with E-state index in [-0.39, 0.29) is 30.6 Å². The van der Waals surface area contributed by atoms with E-state index >= 15 is 0 Å². The van der Waals surface area contributed by atoms with Crippen LogP contribution in [0.1, 0.15) is 55.5 Å². The molecule has 0 aliphatic carbocycles. The summed E-state index contributed by atoms with van der Waals surface area (Å²) in [6.07, 6.45) is 2.03. The first-order valence-electron chi connectivity index (χ1n) is 11.1. The van der Waals surface area contributed by atoms with Gasteiger partial charge in [-0.3, -0.25) is 9.59 Å². The Kier molecular flexibility index (Phi) is 8.00. The summed E-state index contributed by atoms with van der Waals surface area (Å²) in [6.45, 7) is 6.03. The smallest absolute Gasteiger partial charge is 0.294 e. The quantitative estimate of drug-likeness (QED) is 0.473. The molecular weight excluding hydrogens is 406 g/mol. The van der Waals surface area contributed by atoms with E-state index in [1.807, 2.05) is 63.2 Å². The Balaban J connectivity index is 2.04. The van der Waals surface area contributed by atoms with E-state index in [1.165, 1.54) is 4.90 Å². The van der Waals surface area contributed by atoms with Crippen LogP contribution in [-0.4, -0.2) is 51.7 Å². The van der Waals surface area contributed by atoms with E-state index in [0.717, 1.165) is 29.2 Å². The maximum Gasteiger partial charge on any atom is 0.294 e. The molecule has 0 aliphatic heterocycles. The van der Waals surface area contributed by atoms with Gasteiger partial charge < -0.3 is 19.7 Å². The Labute approximate surface area is 188 Å². The third-order valence-corrected chi connectivity index (χ3v) is 5.34. The highest BCUT2D eigenvalue weighted by molar-refractivity contribution is 5.95. The number of hydrogen-bond donors (Lipinski definition) is 2. The summed E-state index contributed by atoms with van der Waals surface area (Å²) in [7, 11) is 0. The summed E-state index contributed by atoms with van der Waals surface area (Å²) in [5.41, 5.74) is 0.519. The van der Waals surface area contributed by atoms with Crippen LogP contribution in [0.2, 0.25) is 0 Å². The van der Waals surface area contributed by atoms with Crippen LogP contribution < -0.4 is 10.3 Å². The monoisotopic (exact) mass is 437 g/mol. The van der Waals surface area contributed by atoms with E-state index in [0.29, 0.717) is 18.9 Å². The second-order valence-corrected chi connectivity index (χ2v) is 8.02. The molecule has 0 spiro atoms. The first-order chi connectivity index (χ1) is 15.5. The van der Waals surface area contributed by atoms with Crippen molar-refractivity contribution >= 4 is 16.7 Å². The molecule has 0 atom stereocenters. The van der Waals surface area contributed by atoms with Gasteiger partial charge in [-0.2, -0.15) is 0 Å². The number of aliphatic hydroxyl groups excluding tert-OH is 1. The normalized spacial score (nSPS) is 11.2. The largest absolute Gasteiger partial charge is 0.486 e. The third kappa shape index (κ3) is 5.34. The molecule has 2 N–H and O–H groups in total. The average Bonchev–Trinajstić information content (AvgIpc) is 2.78. The van der Waals surface area contributed by atoms with E-state index in [9.17, 15) is 14.7 Å². The number of aromatic nitrogens is 2. The molecule has 0 saturated heterocycles. The second kappa shape index (κ2) is 10.9. The number of aliphatic hydroxyl groups is 1. The lowest BCUT2D eigenvalue weighted by Crippen LogP contribution is -2.40. The molecule has 1 amide bonds. The molecule has 32 heavy (non-hydrogen) atoms. The average molecular weight is 438 g/mol. The zero-order valence-corrected chi connectivity index (χ0v) is 18.9. The fourth-order valence-electron chi connectivity index (χ4n) is 3.66. The summed E-state index contributed by atoms with van der Waals surface area (Å²) < 4.78 is 5.70. The predicted molar refractivity (Wildman–Crippen MR) is 125 cm³/mol. The number of amides is 1. The summed E-state index contributed by atoms with van der Waals surface area (Å²) in [4.78, 5) is 35.1. The van der Waals surface area contributed by atoms with Crippen LogP contribution in [0.5, 0.6) is 5.75 Å². The first-order valence-corrected chi connectivity index (χ1v) is 11.1. The van der Waals surface area contributed by atoms with Gasteiger partial charge >= 0.3 is 0 Å². The van der Waals surface area contributed by atoms with E-state index in [4.69, 9.17) is 4.74 Å². The molecule has 3 rings (SSSR count). The number of rotatable bonds is 10. The molecule has 1 heterocycles. The lowest BCUT2D eigenvalue weighted by atomic mass is 10.0. The first kappa shape index (κ1) is 23.5. The van der Waals surface area contributed by atoms with Gasteiger partial charge in [-0.05, 0) is 36.6 Å². The molecule has 0 aliphatic rings. The number of nitrogens with zero attached hydrogens (tertiary/aromatic N) is 2. The van der Waals surface area contributed by atoms with Crippen molar-refractivity contribution in [1.82, 2.24) is 14.9 Å². The number of fused-ring (bicyclic) bond motifs is 1. The highest BCUT2D eigenvalue weighted by atomic mass is 16.5. The van der Waals surface area contributed by atoms with Gasteiger partial charge in [0.25, 0.3) is 11.5 Å². The van der Waals surface area contributed by atoms with Crippen molar-refractivity contribution < 1.29 is 14.6 Å². The Bertz CT molecular complexity index is 1120. The van der Waals surface area contributed by atoms with Gasteiger partial charge in [-0.1, -0.05) is 55.8 Å². The minimum atomic E-state index is -0.470. The van der Waals surface area contributed by atoms with Crippen LogP contribution in [0.4, 0.5) is 0 Å². The van der Waals surface area contributed by atoms with Crippen molar-refractivity contribution in [2.75, 3.05) is 19.8 Å². The highest BCUT2D eigenvalue weighted by Crippen LogP contribution is 2.22. The van der Waals surface area contributed by atoms with Crippen LogP contribution in [0.15, 0.2) is 47.3 Å². The van der Waals surface area contributed by atoms with Crippen LogP contribution >= 0.6 is 0 Å². The number of carbonyl (C=O) groups excluding carboxylic acids is 1. The Morgan fingerprint density at radius 2 is 1.94 bits per heavy atom. The molecule has 170 valence electrons. The SMILES string of the molecule is CCCCOc1c(C(=O)N(CCO)C(C)C)nc(Cc2cccc3ccccc23)[nH]c1=O. The lowest BCUT2D eigenvalue weighted by Gasteiger charge is -2.26. The summed E-state index contributed by atoms with van der Waals surface area (Å²) in [5, 5.41) is 11.6. The fourth-order valence-corrected chi connectivity index (χ4v) is 3.66. The minimum Gasteiger partial charge on any atom is -0.486 e. The van der Waals surface area contributed by atoms with E-state index < -0.39 is 11.5 Å². The lowest BCUT2D eigenvalue weighted by molar-refractivity contribution is 0.0653. The van der Waals surface area contributed by atoms with E-state index in [2.05, 4.69) is 9.97 Å². The number of ether oxygens (including phenoxy) is 1. The number of hydrogen-bond acceptors (Lipinski definition) is 5. The molecule has 0 bridgehead atoms. The Morgan fingerprint density at radius 3 is 2.66 bits per heavy atom. The molecule has 1 aromatic heterocycles.